The molecule has 41 heavy (non-hydrogen) atoms. The minimum Gasteiger partial charge on any atom is -0.490 e. The summed E-state index contributed by atoms with van der Waals surface area (Å²) in [6, 6.07) is 24.7. The standard InChI is InChI=1S/C31H30ClN3O5S/c1-2-39-30-19-22(12-17-29(30)40-21-24-9-5-8-23-7-3-4-10-27(23)24)20-33-34-31(36)28-11-6-18-35(28)41(37,38)26-15-13-25(32)14-16-26/h3-5,7-10,12-17,19-20,28H,2,6,11,18,21H2,1H3,(H,34,36)/b33-20-/t28-/m0/s1. The smallest absolute Gasteiger partial charge is 0.258 e. The number of hydrazone groups is 1. The number of carbonyl (C=O) groups is 1. The molecule has 0 spiro atoms. The van der Waals surface area contributed by atoms with Crippen molar-refractivity contribution in [3.8, 4) is 11.5 Å². The number of amides is 1. The van der Waals surface area contributed by atoms with Crippen LogP contribution in [0.4, 0.5) is 0 Å². The summed E-state index contributed by atoms with van der Waals surface area (Å²) in [6.07, 6.45) is 2.47. The Kier molecular flexibility index (Phi) is 8.87. The zero-order valence-corrected chi connectivity index (χ0v) is 24.1. The minimum absolute atomic E-state index is 0.0938. The van der Waals surface area contributed by atoms with Crippen molar-refractivity contribution in [3.05, 3.63) is 101 Å². The van der Waals surface area contributed by atoms with Crippen LogP contribution in [-0.4, -0.2) is 44.0 Å². The molecule has 0 aliphatic carbocycles. The summed E-state index contributed by atoms with van der Waals surface area (Å²) in [5.74, 6) is 0.658. The number of nitrogens with one attached hydrogen (secondary N) is 1. The molecule has 1 atom stereocenters. The Morgan fingerprint density at radius 2 is 1.80 bits per heavy atom. The Morgan fingerprint density at radius 1 is 1.02 bits per heavy atom. The van der Waals surface area contributed by atoms with E-state index in [1.54, 1.807) is 12.1 Å². The van der Waals surface area contributed by atoms with Crippen molar-refractivity contribution in [2.45, 2.75) is 37.3 Å². The first-order chi connectivity index (χ1) is 19.9. The number of benzene rings is 4. The molecule has 1 N–H and O–H groups in total. The molecule has 1 aliphatic heterocycles. The number of rotatable bonds is 10. The molecular weight excluding hydrogens is 562 g/mol. The fraction of sp³-hybridized carbons (Fsp3) is 0.226. The highest BCUT2D eigenvalue weighted by Gasteiger charge is 2.39. The normalized spacial score (nSPS) is 15.8. The average Bonchev–Trinajstić information content (AvgIpc) is 3.49. The van der Waals surface area contributed by atoms with Crippen molar-refractivity contribution in [2.24, 2.45) is 5.10 Å². The summed E-state index contributed by atoms with van der Waals surface area (Å²) in [5, 5.41) is 6.80. The molecule has 1 saturated heterocycles. The Balaban J connectivity index is 1.25. The quantitative estimate of drug-likeness (QED) is 0.186. The molecule has 0 bridgehead atoms. The maximum absolute atomic E-state index is 13.1. The molecule has 0 saturated carbocycles. The van der Waals surface area contributed by atoms with Crippen molar-refractivity contribution in [1.82, 2.24) is 9.73 Å². The van der Waals surface area contributed by atoms with Crippen LogP contribution in [0.2, 0.25) is 5.02 Å². The van der Waals surface area contributed by atoms with Gasteiger partial charge in [-0.3, -0.25) is 4.79 Å². The maximum atomic E-state index is 13.1. The van der Waals surface area contributed by atoms with E-state index in [0.29, 0.717) is 48.1 Å². The summed E-state index contributed by atoms with van der Waals surface area (Å²) in [5.41, 5.74) is 4.25. The van der Waals surface area contributed by atoms with Crippen molar-refractivity contribution in [3.63, 3.8) is 0 Å². The highest BCUT2D eigenvalue weighted by molar-refractivity contribution is 7.89. The number of fused-ring (bicyclic) bond motifs is 1. The third-order valence-electron chi connectivity index (χ3n) is 6.85. The van der Waals surface area contributed by atoms with Gasteiger partial charge in [-0.05, 0) is 84.1 Å². The molecule has 1 amide bonds. The zero-order valence-electron chi connectivity index (χ0n) is 22.5. The van der Waals surface area contributed by atoms with Crippen LogP contribution in [0.5, 0.6) is 11.5 Å². The molecule has 5 rings (SSSR count). The summed E-state index contributed by atoms with van der Waals surface area (Å²) in [4.78, 5) is 13.0. The number of nitrogens with zero attached hydrogens (tertiary/aromatic N) is 2. The number of hydrogen-bond donors (Lipinski definition) is 1. The highest BCUT2D eigenvalue weighted by Crippen LogP contribution is 2.30. The van der Waals surface area contributed by atoms with Crippen LogP contribution < -0.4 is 14.9 Å². The summed E-state index contributed by atoms with van der Waals surface area (Å²) in [6.45, 7) is 2.97. The van der Waals surface area contributed by atoms with Crippen molar-refractivity contribution >= 4 is 44.5 Å². The number of hydrogen-bond acceptors (Lipinski definition) is 6. The predicted molar refractivity (Wildman–Crippen MR) is 160 cm³/mol. The lowest BCUT2D eigenvalue weighted by atomic mass is 10.1. The van der Waals surface area contributed by atoms with Crippen LogP contribution in [0.15, 0.2) is 94.9 Å². The van der Waals surface area contributed by atoms with E-state index in [2.05, 4.69) is 28.7 Å². The van der Waals surface area contributed by atoms with Gasteiger partial charge >= 0.3 is 0 Å². The lowest BCUT2D eigenvalue weighted by Gasteiger charge is -2.22. The van der Waals surface area contributed by atoms with E-state index in [0.717, 1.165) is 16.3 Å². The Bertz CT molecular complexity index is 1670. The summed E-state index contributed by atoms with van der Waals surface area (Å²) < 4.78 is 39.4. The first-order valence-electron chi connectivity index (χ1n) is 13.3. The van der Waals surface area contributed by atoms with Gasteiger partial charge in [0.2, 0.25) is 10.0 Å². The van der Waals surface area contributed by atoms with Gasteiger partial charge in [-0.2, -0.15) is 9.41 Å². The highest BCUT2D eigenvalue weighted by atomic mass is 35.5. The molecule has 4 aromatic carbocycles. The van der Waals surface area contributed by atoms with Gasteiger partial charge in [-0.25, -0.2) is 13.8 Å². The molecule has 0 radical (unpaired) electrons. The molecule has 0 aromatic heterocycles. The Labute approximate surface area is 244 Å². The second-order valence-electron chi connectivity index (χ2n) is 9.53. The number of ether oxygens (including phenoxy) is 2. The lowest BCUT2D eigenvalue weighted by Crippen LogP contribution is -2.44. The average molecular weight is 592 g/mol. The van der Waals surface area contributed by atoms with Gasteiger partial charge in [0.25, 0.3) is 5.91 Å². The van der Waals surface area contributed by atoms with E-state index in [4.69, 9.17) is 21.1 Å². The van der Waals surface area contributed by atoms with Gasteiger partial charge in [0, 0.05) is 11.6 Å². The second kappa shape index (κ2) is 12.7. The van der Waals surface area contributed by atoms with Crippen LogP contribution in [0, 0.1) is 0 Å². The second-order valence-corrected chi connectivity index (χ2v) is 11.9. The molecule has 212 valence electrons. The number of halogens is 1. The maximum Gasteiger partial charge on any atom is 0.258 e. The molecule has 8 nitrogen and oxygen atoms in total. The first kappa shape index (κ1) is 28.6. The monoisotopic (exact) mass is 591 g/mol. The molecule has 1 fully saturated rings. The van der Waals surface area contributed by atoms with Gasteiger partial charge in [0.1, 0.15) is 12.6 Å². The summed E-state index contributed by atoms with van der Waals surface area (Å²) in [7, 11) is -3.85. The first-order valence-corrected chi connectivity index (χ1v) is 15.2. The minimum atomic E-state index is -3.85. The van der Waals surface area contributed by atoms with Crippen LogP contribution in [0.1, 0.15) is 30.9 Å². The third kappa shape index (κ3) is 6.53. The molecular formula is C31H30ClN3O5S. The van der Waals surface area contributed by atoms with Crippen molar-refractivity contribution in [2.75, 3.05) is 13.2 Å². The van der Waals surface area contributed by atoms with Crippen LogP contribution in [0.25, 0.3) is 10.8 Å². The van der Waals surface area contributed by atoms with E-state index in [-0.39, 0.29) is 11.4 Å². The third-order valence-corrected chi connectivity index (χ3v) is 9.02. The fourth-order valence-electron chi connectivity index (χ4n) is 4.84. The molecule has 10 heteroatoms. The van der Waals surface area contributed by atoms with Crippen molar-refractivity contribution in [1.29, 1.82) is 0 Å². The van der Waals surface area contributed by atoms with E-state index >= 15 is 0 Å². The predicted octanol–water partition coefficient (Wildman–Crippen LogP) is 5.77. The Morgan fingerprint density at radius 3 is 2.61 bits per heavy atom. The van der Waals surface area contributed by atoms with E-state index < -0.39 is 22.0 Å². The van der Waals surface area contributed by atoms with Gasteiger partial charge in [0.15, 0.2) is 11.5 Å². The number of carbonyl (C=O) groups excluding carboxylic acids is 1. The van der Waals surface area contributed by atoms with Gasteiger partial charge < -0.3 is 9.47 Å². The molecule has 0 unspecified atom stereocenters. The van der Waals surface area contributed by atoms with E-state index in [1.165, 1.54) is 34.8 Å². The fourth-order valence-corrected chi connectivity index (χ4v) is 6.63. The van der Waals surface area contributed by atoms with Gasteiger partial charge in [-0.15, -0.1) is 0 Å². The van der Waals surface area contributed by atoms with Gasteiger partial charge in [0.05, 0.1) is 17.7 Å². The van der Waals surface area contributed by atoms with Gasteiger partial charge in [-0.1, -0.05) is 54.1 Å². The molecule has 4 aromatic rings. The van der Waals surface area contributed by atoms with Crippen LogP contribution >= 0.6 is 11.6 Å². The summed E-state index contributed by atoms with van der Waals surface area (Å²) >= 11 is 5.90. The molecule has 1 heterocycles. The zero-order chi connectivity index (χ0) is 28.8. The number of sulfonamides is 1. The lowest BCUT2D eigenvalue weighted by molar-refractivity contribution is -0.124. The SMILES string of the molecule is CCOc1cc(/C=N\NC(=O)[C@@H]2CCCN2S(=O)(=O)c2ccc(Cl)cc2)ccc1OCc1cccc2ccccc12. The Hall–Kier alpha value is -3.92. The van der Waals surface area contributed by atoms with Crippen LogP contribution in [0.3, 0.4) is 0 Å². The van der Waals surface area contributed by atoms with E-state index in [1.807, 2.05) is 37.3 Å². The topological polar surface area (TPSA) is 97.3 Å². The molecule has 1 aliphatic rings. The van der Waals surface area contributed by atoms with Crippen LogP contribution in [-0.2, 0) is 21.4 Å². The van der Waals surface area contributed by atoms with E-state index in [9.17, 15) is 13.2 Å². The largest absolute Gasteiger partial charge is 0.490 e. The van der Waals surface area contributed by atoms with Crippen molar-refractivity contribution < 1.29 is 22.7 Å².